The molecule has 0 saturated heterocycles. The van der Waals surface area contributed by atoms with Crippen LogP contribution in [0.25, 0.3) is 22.4 Å². The van der Waals surface area contributed by atoms with Crippen molar-refractivity contribution < 1.29 is 0 Å². The van der Waals surface area contributed by atoms with Gasteiger partial charge < -0.3 is 5.32 Å². The van der Waals surface area contributed by atoms with E-state index in [9.17, 15) is 4.79 Å². The number of hydrogen-bond acceptors (Lipinski definition) is 5. The van der Waals surface area contributed by atoms with Gasteiger partial charge in [0.25, 0.3) is 5.56 Å². The molecule has 0 amide bonds. The van der Waals surface area contributed by atoms with Crippen molar-refractivity contribution in [3.05, 3.63) is 76.2 Å². The van der Waals surface area contributed by atoms with E-state index in [2.05, 4.69) is 20.3 Å². The second-order valence-corrected chi connectivity index (χ2v) is 6.11. The number of fused-ring (bicyclic) bond motifs is 1. The van der Waals surface area contributed by atoms with Gasteiger partial charge in [0.15, 0.2) is 5.65 Å². The maximum atomic E-state index is 12.8. The van der Waals surface area contributed by atoms with E-state index in [-0.39, 0.29) is 11.3 Å². The standard InChI is InChI=1S/C19H14ClN5O/c1-25-17-15(11-21-19(24-17)22-12-7-3-2-4-8-12)23-16(18(25)26)13-9-5-6-10-14(13)20/h2-11H,1H3,(H,21,22,24). The minimum Gasteiger partial charge on any atom is -0.324 e. The van der Waals surface area contributed by atoms with Gasteiger partial charge in [-0.25, -0.2) is 9.97 Å². The third kappa shape index (κ3) is 2.91. The van der Waals surface area contributed by atoms with E-state index in [0.717, 1.165) is 5.69 Å². The average Bonchev–Trinajstić information content (AvgIpc) is 2.66. The SMILES string of the molecule is Cn1c(=O)c(-c2ccccc2Cl)nc2cnc(Nc3ccccc3)nc21. The molecule has 0 spiro atoms. The lowest BCUT2D eigenvalue weighted by atomic mass is 10.1. The van der Waals surface area contributed by atoms with Crippen LogP contribution in [0.3, 0.4) is 0 Å². The molecule has 7 heteroatoms. The Labute approximate surface area is 154 Å². The average molecular weight is 364 g/mol. The summed E-state index contributed by atoms with van der Waals surface area (Å²) in [6.45, 7) is 0. The summed E-state index contributed by atoms with van der Waals surface area (Å²) >= 11 is 6.22. The van der Waals surface area contributed by atoms with Crippen molar-refractivity contribution in [1.29, 1.82) is 0 Å². The predicted molar refractivity (Wildman–Crippen MR) is 103 cm³/mol. The molecular formula is C19H14ClN5O. The minimum atomic E-state index is -0.269. The van der Waals surface area contributed by atoms with Crippen molar-refractivity contribution in [2.24, 2.45) is 7.05 Å². The van der Waals surface area contributed by atoms with Crippen molar-refractivity contribution in [2.45, 2.75) is 0 Å². The Morgan fingerprint density at radius 1 is 1.00 bits per heavy atom. The van der Waals surface area contributed by atoms with E-state index in [1.54, 1.807) is 25.4 Å². The number of nitrogens with one attached hydrogen (secondary N) is 1. The van der Waals surface area contributed by atoms with Crippen LogP contribution in [0.15, 0.2) is 65.6 Å². The summed E-state index contributed by atoms with van der Waals surface area (Å²) in [5.41, 5.74) is 2.41. The molecular weight excluding hydrogens is 350 g/mol. The lowest BCUT2D eigenvalue weighted by Gasteiger charge is -2.10. The zero-order valence-electron chi connectivity index (χ0n) is 13.8. The molecule has 0 radical (unpaired) electrons. The second-order valence-electron chi connectivity index (χ2n) is 5.70. The predicted octanol–water partition coefficient (Wildman–Crippen LogP) is 3.79. The Morgan fingerprint density at radius 3 is 2.50 bits per heavy atom. The molecule has 0 aliphatic heterocycles. The molecule has 0 saturated carbocycles. The lowest BCUT2D eigenvalue weighted by Crippen LogP contribution is -2.22. The van der Waals surface area contributed by atoms with Gasteiger partial charge in [0.1, 0.15) is 11.2 Å². The van der Waals surface area contributed by atoms with E-state index in [4.69, 9.17) is 11.6 Å². The molecule has 4 rings (SSSR count). The largest absolute Gasteiger partial charge is 0.324 e. The molecule has 0 bridgehead atoms. The fourth-order valence-corrected chi connectivity index (χ4v) is 2.88. The van der Waals surface area contributed by atoms with Crippen molar-refractivity contribution in [1.82, 2.24) is 19.5 Å². The fourth-order valence-electron chi connectivity index (χ4n) is 2.65. The summed E-state index contributed by atoms with van der Waals surface area (Å²) in [5, 5.41) is 3.58. The van der Waals surface area contributed by atoms with E-state index in [1.807, 2.05) is 42.5 Å². The zero-order chi connectivity index (χ0) is 18.1. The second kappa shape index (κ2) is 6.57. The van der Waals surface area contributed by atoms with E-state index >= 15 is 0 Å². The molecule has 1 N–H and O–H groups in total. The van der Waals surface area contributed by atoms with E-state index in [1.165, 1.54) is 4.57 Å². The van der Waals surface area contributed by atoms with Crippen LogP contribution in [0.5, 0.6) is 0 Å². The minimum absolute atomic E-state index is 0.269. The summed E-state index contributed by atoms with van der Waals surface area (Å²) in [4.78, 5) is 25.9. The topological polar surface area (TPSA) is 72.7 Å². The number of aryl methyl sites for hydroxylation is 1. The van der Waals surface area contributed by atoms with Gasteiger partial charge in [-0.15, -0.1) is 0 Å². The molecule has 4 aromatic rings. The first kappa shape index (κ1) is 16.2. The van der Waals surface area contributed by atoms with Crippen LogP contribution < -0.4 is 10.9 Å². The third-order valence-corrected chi connectivity index (χ3v) is 4.30. The first-order valence-corrected chi connectivity index (χ1v) is 8.32. The lowest BCUT2D eigenvalue weighted by molar-refractivity contribution is 0.873. The van der Waals surface area contributed by atoms with Gasteiger partial charge in [-0.05, 0) is 18.2 Å². The maximum absolute atomic E-state index is 12.8. The smallest absolute Gasteiger partial charge is 0.278 e. The highest BCUT2D eigenvalue weighted by atomic mass is 35.5. The Hall–Kier alpha value is -3.25. The van der Waals surface area contributed by atoms with Gasteiger partial charge in [0.05, 0.1) is 11.2 Å². The highest BCUT2D eigenvalue weighted by molar-refractivity contribution is 6.33. The number of anilines is 2. The zero-order valence-corrected chi connectivity index (χ0v) is 14.6. The number of aromatic nitrogens is 4. The quantitative estimate of drug-likeness (QED) is 0.599. The molecule has 0 aliphatic carbocycles. The fraction of sp³-hybridized carbons (Fsp3) is 0.0526. The van der Waals surface area contributed by atoms with Gasteiger partial charge in [-0.2, -0.15) is 4.98 Å². The summed E-state index contributed by atoms with van der Waals surface area (Å²) in [6, 6.07) is 16.7. The van der Waals surface area contributed by atoms with Crippen LogP contribution in [0.1, 0.15) is 0 Å². The summed E-state index contributed by atoms with van der Waals surface area (Å²) < 4.78 is 1.46. The van der Waals surface area contributed by atoms with Gasteiger partial charge in [0, 0.05) is 18.3 Å². The molecule has 0 aliphatic rings. The molecule has 0 atom stereocenters. The number of hydrogen-bond donors (Lipinski definition) is 1. The van der Waals surface area contributed by atoms with Gasteiger partial charge in [0.2, 0.25) is 5.95 Å². The van der Waals surface area contributed by atoms with Crippen molar-refractivity contribution in [2.75, 3.05) is 5.32 Å². The van der Waals surface area contributed by atoms with Crippen LogP contribution in [-0.2, 0) is 7.05 Å². The molecule has 2 aromatic heterocycles. The van der Waals surface area contributed by atoms with Crippen LogP contribution >= 0.6 is 11.6 Å². The highest BCUT2D eigenvalue weighted by Crippen LogP contribution is 2.25. The van der Waals surface area contributed by atoms with E-state index in [0.29, 0.717) is 27.7 Å². The molecule has 2 aromatic carbocycles. The molecule has 2 heterocycles. The molecule has 0 unspecified atom stereocenters. The number of rotatable bonds is 3. The monoisotopic (exact) mass is 363 g/mol. The number of para-hydroxylation sites is 1. The van der Waals surface area contributed by atoms with Crippen LogP contribution in [0.4, 0.5) is 11.6 Å². The maximum Gasteiger partial charge on any atom is 0.278 e. The highest BCUT2D eigenvalue weighted by Gasteiger charge is 2.14. The molecule has 6 nitrogen and oxygen atoms in total. The Kier molecular flexibility index (Phi) is 4.10. The Morgan fingerprint density at radius 2 is 1.73 bits per heavy atom. The molecule has 0 fully saturated rings. The summed E-state index contributed by atoms with van der Waals surface area (Å²) in [7, 11) is 1.66. The first-order chi connectivity index (χ1) is 12.6. The number of benzene rings is 2. The normalized spacial score (nSPS) is 10.8. The van der Waals surface area contributed by atoms with Crippen molar-refractivity contribution in [3.8, 4) is 11.3 Å². The molecule has 128 valence electrons. The van der Waals surface area contributed by atoms with Gasteiger partial charge in [-0.1, -0.05) is 48.0 Å². The van der Waals surface area contributed by atoms with Crippen LogP contribution in [0, 0.1) is 0 Å². The Balaban J connectivity index is 1.83. The summed E-state index contributed by atoms with van der Waals surface area (Å²) in [6.07, 6.45) is 1.59. The van der Waals surface area contributed by atoms with Gasteiger partial charge in [-0.3, -0.25) is 9.36 Å². The van der Waals surface area contributed by atoms with Crippen LogP contribution in [-0.4, -0.2) is 19.5 Å². The van der Waals surface area contributed by atoms with Gasteiger partial charge >= 0.3 is 0 Å². The number of halogens is 1. The van der Waals surface area contributed by atoms with Crippen molar-refractivity contribution in [3.63, 3.8) is 0 Å². The summed E-state index contributed by atoms with van der Waals surface area (Å²) in [5.74, 6) is 0.394. The first-order valence-electron chi connectivity index (χ1n) is 7.94. The number of nitrogens with zero attached hydrogens (tertiary/aromatic N) is 4. The third-order valence-electron chi connectivity index (χ3n) is 3.97. The molecule has 26 heavy (non-hydrogen) atoms. The Bertz CT molecular complexity index is 1160. The van der Waals surface area contributed by atoms with Crippen molar-refractivity contribution >= 4 is 34.4 Å². The van der Waals surface area contributed by atoms with E-state index < -0.39 is 0 Å². The van der Waals surface area contributed by atoms with Crippen LogP contribution in [0.2, 0.25) is 5.02 Å².